The Morgan fingerprint density at radius 1 is 1.24 bits per heavy atom. The van der Waals surface area contributed by atoms with E-state index >= 15 is 0 Å². The number of nitrogens with zero attached hydrogens (tertiary/aromatic N) is 1. The molecule has 0 radical (unpaired) electrons. The maximum Gasteiger partial charge on any atom is 0.250 e. The van der Waals surface area contributed by atoms with Gasteiger partial charge in [0.1, 0.15) is 0 Å². The molecule has 0 aromatic heterocycles. The van der Waals surface area contributed by atoms with Crippen LogP contribution >= 0.6 is 0 Å². The highest BCUT2D eigenvalue weighted by molar-refractivity contribution is 5.76. The average Bonchev–Trinajstić information content (AvgIpc) is 2.52. The highest BCUT2D eigenvalue weighted by atomic mass is 19.3. The molecule has 1 fully saturated rings. The number of rotatable bonds is 10. The van der Waals surface area contributed by atoms with E-state index in [4.69, 9.17) is 10.5 Å². The number of carbonyl (C=O) groups is 2. The number of amides is 2. The van der Waals surface area contributed by atoms with Crippen LogP contribution in [-0.2, 0) is 14.3 Å². The van der Waals surface area contributed by atoms with Crippen LogP contribution in [0, 0.1) is 5.92 Å². The van der Waals surface area contributed by atoms with E-state index in [0.717, 1.165) is 6.42 Å². The minimum Gasteiger partial charge on any atom is -0.374 e. The molecular weight excluding hydrogens is 332 g/mol. The van der Waals surface area contributed by atoms with Crippen molar-refractivity contribution >= 4 is 11.8 Å². The molecule has 6 nitrogen and oxygen atoms in total. The van der Waals surface area contributed by atoms with Gasteiger partial charge in [0.15, 0.2) is 0 Å². The second-order valence-corrected chi connectivity index (χ2v) is 7.00. The minimum atomic E-state index is -2.55. The molecule has 0 saturated carbocycles. The number of alkyl halides is 2. The van der Waals surface area contributed by atoms with Gasteiger partial charge in [-0.1, -0.05) is 6.92 Å². The van der Waals surface area contributed by atoms with Gasteiger partial charge in [-0.15, -0.1) is 0 Å². The number of nitrogens with one attached hydrogen (secondary N) is 1. The van der Waals surface area contributed by atoms with Crippen molar-refractivity contribution in [2.24, 2.45) is 11.7 Å². The lowest BCUT2D eigenvalue weighted by atomic mass is 9.96. The molecule has 1 saturated heterocycles. The lowest BCUT2D eigenvalue weighted by Crippen LogP contribution is -2.41. The highest BCUT2D eigenvalue weighted by Gasteiger charge is 2.34. The fourth-order valence-electron chi connectivity index (χ4n) is 2.97. The summed E-state index contributed by atoms with van der Waals surface area (Å²) in [5, 5.41) is 2.54. The van der Waals surface area contributed by atoms with E-state index in [2.05, 4.69) is 5.32 Å². The van der Waals surface area contributed by atoms with Gasteiger partial charge in [-0.2, -0.15) is 0 Å². The summed E-state index contributed by atoms with van der Waals surface area (Å²) in [6, 6.07) is 0. The summed E-state index contributed by atoms with van der Waals surface area (Å²) in [4.78, 5) is 24.8. The van der Waals surface area contributed by atoms with Crippen molar-refractivity contribution < 1.29 is 23.1 Å². The van der Waals surface area contributed by atoms with Crippen LogP contribution in [0.4, 0.5) is 8.78 Å². The molecule has 3 unspecified atom stereocenters. The Hall–Kier alpha value is -1.28. The summed E-state index contributed by atoms with van der Waals surface area (Å²) in [6.45, 7) is 5.18. The van der Waals surface area contributed by atoms with Crippen molar-refractivity contribution in [2.45, 2.75) is 64.1 Å². The third kappa shape index (κ3) is 8.58. The number of primary amides is 1. The summed E-state index contributed by atoms with van der Waals surface area (Å²) in [5.74, 6) is -3.11. The fraction of sp³-hybridized carbons (Fsp3) is 0.882. The predicted molar refractivity (Wildman–Crippen MR) is 91.2 cm³/mol. The number of piperidine rings is 1. The number of ether oxygens (including phenoxy) is 1. The van der Waals surface area contributed by atoms with Gasteiger partial charge in [-0.3, -0.25) is 9.59 Å². The number of likely N-dealkylation sites (tertiary alicyclic amines) is 1. The summed E-state index contributed by atoms with van der Waals surface area (Å²) in [6.07, 6.45) is 0.0777. The van der Waals surface area contributed by atoms with Crippen LogP contribution in [-0.4, -0.2) is 61.5 Å². The smallest absolute Gasteiger partial charge is 0.250 e. The van der Waals surface area contributed by atoms with E-state index < -0.39 is 11.8 Å². The van der Waals surface area contributed by atoms with E-state index in [1.165, 1.54) is 0 Å². The van der Waals surface area contributed by atoms with Crippen LogP contribution in [0.25, 0.3) is 0 Å². The molecule has 0 aliphatic carbocycles. The molecule has 146 valence electrons. The van der Waals surface area contributed by atoms with Gasteiger partial charge in [0.05, 0.1) is 25.0 Å². The summed E-state index contributed by atoms with van der Waals surface area (Å²) < 4.78 is 32.3. The fourth-order valence-corrected chi connectivity index (χ4v) is 2.97. The van der Waals surface area contributed by atoms with Crippen LogP contribution in [0.3, 0.4) is 0 Å². The van der Waals surface area contributed by atoms with Gasteiger partial charge in [-0.25, -0.2) is 8.78 Å². The Bertz CT molecular complexity index is 439. The first kappa shape index (κ1) is 21.8. The SMILES string of the molecule is CNC(=O)CC(C)OC(CC(N)=O)C(C)CCN1CCC(F)(F)CC1. The topological polar surface area (TPSA) is 84.7 Å². The minimum absolute atomic E-state index is 0.0297. The normalized spacial score (nSPS) is 21.3. The Labute approximate surface area is 148 Å². The molecule has 0 aromatic rings. The van der Waals surface area contributed by atoms with E-state index in [9.17, 15) is 18.4 Å². The van der Waals surface area contributed by atoms with E-state index in [1.807, 2.05) is 11.8 Å². The Kier molecular flexibility index (Phi) is 8.71. The lowest BCUT2D eigenvalue weighted by Gasteiger charge is -2.33. The molecule has 8 heteroatoms. The zero-order valence-electron chi connectivity index (χ0n) is 15.4. The van der Waals surface area contributed by atoms with Crippen molar-refractivity contribution in [3.8, 4) is 0 Å². The van der Waals surface area contributed by atoms with E-state index in [1.54, 1.807) is 14.0 Å². The van der Waals surface area contributed by atoms with Gasteiger partial charge in [0.2, 0.25) is 11.8 Å². The molecule has 0 bridgehead atoms. The second kappa shape index (κ2) is 10.0. The molecule has 0 aromatic carbocycles. The molecule has 1 heterocycles. The first-order chi connectivity index (χ1) is 11.6. The Morgan fingerprint density at radius 2 is 1.84 bits per heavy atom. The van der Waals surface area contributed by atoms with Crippen molar-refractivity contribution in [2.75, 3.05) is 26.7 Å². The maximum atomic E-state index is 13.2. The van der Waals surface area contributed by atoms with Crippen molar-refractivity contribution in [1.82, 2.24) is 10.2 Å². The molecule has 25 heavy (non-hydrogen) atoms. The first-order valence-electron chi connectivity index (χ1n) is 8.87. The molecular formula is C17H31F2N3O3. The number of nitrogens with two attached hydrogens (primary N) is 1. The van der Waals surface area contributed by atoms with Gasteiger partial charge >= 0.3 is 0 Å². The predicted octanol–water partition coefficient (Wildman–Crippen LogP) is 1.53. The molecule has 0 spiro atoms. The van der Waals surface area contributed by atoms with Crippen LogP contribution < -0.4 is 11.1 Å². The van der Waals surface area contributed by atoms with Crippen molar-refractivity contribution in [1.29, 1.82) is 0 Å². The number of hydrogen-bond donors (Lipinski definition) is 2. The zero-order chi connectivity index (χ0) is 19.0. The van der Waals surface area contributed by atoms with Gasteiger partial charge in [0.25, 0.3) is 5.92 Å². The van der Waals surface area contributed by atoms with Crippen molar-refractivity contribution in [3.05, 3.63) is 0 Å². The first-order valence-corrected chi connectivity index (χ1v) is 8.87. The molecule has 2 amide bonds. The molecule has 3 N–H and O–H groups in total. The lowest BCUT2D eigenvalue weighted by molar-refractivity contribution is -0.128. The molecule has 1 aliphatic rings. The number of hydrogen-bond acceptors (Lipinski definition) is 4. The number of halogens is 2. The largest absolute Gasteiger partial charge is 0.374 e. The van der Waals surface area contributed by atoms with Crippen LogP contribution in [0.15, 0.2) is 0 Å². The molecule has 1 rings (SSSR count). The average molecular weight is 363 g/mol. The third-order valence-corrected chi connectivity index (χ3v) is 4.68. The summed E-state index contributed by atoms with van der Waals surface area (Å²) >= 11 is 0. The van der Waals surface area contributed by atoms with Crippen molar-refractivity contribution in [3.63, 3.8) is 0 Å². The summed E-state index contributed by atoms with van der Waals surface area (Å²) in [7, 11) is 1.56. The van der Waals surface area contributed by atoms with Gasteiger partial charge < -0.3 is 20.7 Å². The number of carbonyl (C=O) groups excluding carboxylic acids is 2. The third-order valence-electron chi connectivity index (χ3n) is 4.68. The highest BCUT2D eigenvalue weighted by Crippen LogP contribution is 2.28. The van der Waals surface area contributed by atoms with Gasteiger partial charge in [-0.05, 0) is 25.8 Å². The summed E-state index contributed by atoms with van der Waals surface area (Å²) in [5.41, 5.74) is 5.31. The molecule has 1 aliphatic heterocycles. The van der Waals surface area contributed by atoms with Crippen LogP contribution in [0.5, 0.6) is 0 Å². The van der Waals surface area contributed by atoms with E-state index in [-0.39, 0.29) is 49.7 Å². The van der Waals surface area contributed by atoms with E-state index in [0.29, 0.717) is 19.6 Å². The Morgan fingerprint density at radius 3 is 2.36 bits per heavy atom. The second-order valence-electron chi connectivity index (χ2n) is 7.00. The van der Waals surface area contributed by atoms with Crippen LogP contribution in [0.2, 0.25) is 0 Å². The van der Waals surface area contributed by atoms with Crippen LogP contribution in [0.1, 0.15) is 46.0 Å². The maximum absolute atomic E-state index is 13.2. The standard InChI is InChI=1S/C17H31F2N3O3/c1-12(4-7-22-8-5-17(18,19)6-9-22)14(11-15(20)23)25-13(2)10-16(24)21-3/h12-14H,4-11H2,1-3H3,(H2,20,23)(H,21,24). The zero-order valence-corrected chi connectivity index (χ0v) is 15.4. The van der Waals surface area contributed by atoms with Gasteiger partial charge in [0, 0.05) is 33.0 Å². The Balaban J connectivity index is 2.48. The molecule has 3 atom stereocenters. The monoisotopic (exact) mass is 363 g/mol. The quantitative estimate of drug-likeness (QED) is 0.616.